The van der Waals surface area contributed by atoms with E-state index in [1.807, 2.05) is 6.08 Å². The third-order valence-electron chi connectivity index (χ3n) is 1.35. The molecule has 0 saturated heterocycles. The maximum atomic E-state index is 3.58. The molecule has 61 valence electrons. The second-order valence-corrected chi connectivity index (χ2v) is 2.42. The maximum absolute atomic E-state index is 3.58. The van der Waals surface area contributed by atoms with E-state index in [9.17, 15) is 0 Å². The lowest BCUT2D eigenvalue weighted by atomic mass is 10.2. The lowest BCUT2D eigenvalue weighted by molar-refractivity contribution is 0.812. The van der Waals surface area contributed by atoms with Gasteiger partial charge in [-0.05, 0) is 18.9 Å². The van der Waals surface area contributed by atoms with Crippen LogP contribution >= 0.6 is 0 Å². The Balaban J connectivity index is 3.15. The Kier molecular flexibility index (Phi) is 8.57. The van der Waals surface area contributed by atoms with Crippen LogP contribution in [0.3, 0.4) is 0 Å². The topological polar surface area (TPSA) is 0 Å². The SMILES string of the molecule is C=CC=CC/[C]=C/CCCC. The summed E-state index contributed by atoms with van der Waals surface area (Å²) >= 11 is 0. The molecule has 0 aliphatic rings. The molecule has 0 unspecified atom stereocenters. The standard InChI is InChI=1S/C11H17/c1-3-5-7-9-11-10-8-6-4-2/h3,5,7,10H,1,4,6,8-9H2,2H3. The second kappa shape index (κ2) is 9.22. The van der Waals surface area contributed by atoms with Crippen molar-refractivity contribution in [3.8, 4) is 0 Å². The van der Waals surface area contributed by atoms with Gasteiger partial charge in [-0.2, -0.15) is 0 Å². The molecule has 0 N–H and O–H groups in total. The Morgan fingerprint density at radius 3 is 2.91 bits per heavy atom. The molecule has 0 aromatic carbocycles. The summed E-state index contributed by atoms with van der Waals surface area (Å²) in [5, 5.41) is 0. The van der Waals surface area contributed by atoms with Gasteiger partial charge in [0.2, 0.25) is 0 Å². The summed E-state index contributed by atoms with van der Waals surface area (Å²) in [5.41, 5.74) is 0. The highest BCUT2D eigenvalue weighted by molar-refractivity contribution is 4.98. The van der Waals surface area contributed by atoms with E-state index in [1.165, 1.54) is 19.3 Å². The van der Waals surface area contributed by atoms with Gasteiger partial charge in [-0.1, -0.05) is 50.6 Å². The third kappa shape index (κ3) is 9.22. The van der Waals surface area contributed by atoms with Crippen LogP contribution in [0.1, 0.15) is 32.6 Å². The fourth-order valence-corrected chi connectivity index (χ4v) is 0.724. The average molecular weight is 149 g/mol. The monoisotopic (exact) mass is 149 g/mol. The molecule has 0 aromatic heterocycles. The molecule has 0 bridgehead atoms. The molecule has 0 saturated carbocycles. The normalized spacial score (nSPS) is 11.4. The Morgan fingerprint density at radius 2 is 2.27 bits per heavy atom. The van der Waals surface area contributed by atoms with Crippen LogP contribution < -0.4 is 0 Å². The van der Waals surface area contributed by atoms with Crippen LogP contribution in [0.15, 0.2) is 30.9 Å². The van der Waals surface area contributed by atoms with Crippen molar-refractivity contribution in [2.24, 2.45) is 0 Å². The fourth-order valence-electron chi connectivity index (χ4n) is 0.724. The molecule has 0 aromatic rings. The number of hydrogen-bond donors (Lipinski definition) is 0. The largest absolute Gasteiger partial charge is 0.0991 e. The molecule has 0 fully saturated rings. The van der Waals surface area contributed by atoms with Gasteiger partial charge in [0, 0.05) is 0 Å². The zero-order valence-corrected chi connectivity index (χ0v) is 7.34. The molecule has 1 radical (unpaired) electrons. The maximum Gasteiger partial charge on any atom is -0.00948 e. The van der Waals surface area contributed by atoms with Crippen LogP contribution in [0.4, 0.5) is 0 Å². The Bertz CT molecular complexity index is 129. The lowest BCUT2D eigenvalue weighted by Crippen LogP contribution is -1.66. The first-order chi connectivity index (χ1) is 5.41. The molecular formula is C11H17. The van der Waals surface area contributed by atoms with Gasteiger partial charge >= 0.3 is 0 Å². The summed E-state index contributed by atoms with van der Waals surface area (Å²) in [5.74, 6) is 0. The molecule has 0 aliphatic heterocycles. The first-order valence-electron chi connectivity index (χ1n) is 4.24. The van der Waals surface area contributed by atoms with Crippen LogP contribution in [0.5, 0.6) is 0 Å². The highest BCUT2D eigenvalue weighted by Gasteiger charge is 1.76. The fraction of sp³-hybridized carbons (Fsp3) is 0.455. The van der Waals surface area contributed by atoms with Crippen molar-refractivity contribution in [3.05, 3.63) is 37.0 Å². The number of unbranched alkanes of at least 4 members (excludes halogenated alkanes) is 2. The van der Waals surface area contributed by atoms with Crippen LogP contribution in [-0.4, -0.2) is 0 Å². The smallest absolute Gasteiger partial charge is 0.00948 e. The van der Waals surface area contributed by atoms with Crippen molar-refractivity contribution in [1.29, 1.82) is 0 Å². The van der Waals surface area contributed by atoms with Crippen LogP contribution in [-0.2, 0) is 0 Å². The third-order valence-corrected chi connectivity index (χ3v) is 1.35. The molecule has 0 heterocycles. The van der Waals surface area contributed by atoms with Crippen LogP contribution in [0.2, 0.25) is 0 Å². The molecule has 0 amide bonds. The van der Waals surface area contributed by atoms with Crippen molar-refractivity contribution >= 4 is 0 Å². The minimum Gasteiger partial charge on any atom is -0.0991 e. The van der Waals surface area contributed by atoms with E-state index >= 15 is 0 Å². The van der Waals surface area contributed by atoms with Crippen molar-refractivity contribution in [2.45, 2.75) is 32.6 Å². The molecule has 0 nitrogen and oxygen atoms in total. The first kappa shape index (κ1) is 10.2. The Hall–Kier alpha value is -0.780. The number of hydrogen-bond acceptors (Lipinski definition) is 0. The highest BCUT2D eigenvalue weighted by atomic mass is 13.8. The van der Waals surface area contributed by atoms with Gasteiger partial charge in [-0.15, -0.1) is 0 Å². The summed E-state index contributed by atoms with van der Waals surface area (Å²) in [6.45, 7) is 5.78. The van der Waals surface area contributed by atoms with Crippen molar-refractivity contribution in [3.63, 3.8) is 0 Å². The molecule has 0 spiro atoms. The van der Waals surface area contributed by atoms with Gasteiger partial charge in [-0.3, -0.25) is 0 Å². The van der Waals surface area contributed by atoms with E-state index in [2.05, 4.69) is 31.7 Å². The van der Waals surface area contributed by atoms with Crippen LogP contribution in [0, 0.1) is 6.08 Å². The van der Waals surface area contributed by atoms with Gasteiger partial charge in [0.05, 0.1) is 0 Å². The van der Waals surface area contributed by atoms with E-state index in [0.717, 1.165) is 6.42 Å². The molecular weight excluding hydrogens is 132 g/mol. The minimum atomic E-state index is 0.912. The highest BCUT2D eigenvalue weighted by Crippen LogP contribution is 1.95. The van der Waals surface area contributed by atoms with E-state index in [1.54, 1.807) is 6.08 Å². The lowest BCUT2D eigenvalue weighted by Gasteiger charge is -1.85. The summed E-state index contributed by atoms with van der Waals surface area (Å²) in [6, 6.07) is 0. The summed E-state index contributed by atoms with van der Waals surface area (Å²) in [4.78, 5) is 0. The molecule has 11 heavy (non-hydrogen) atoms. The zero-order valence-electron chi connectivity index (χ0n) is 7.34. The van der Waals surface area contributed by atoms with E-state index in [4.69, 9.17) is 0 Å². The average Bonchev–Trinajstić information content (AvgIpc) is 2.03. The van der Waals surface area contributed by atoms with Crippen molar-refractivity contribution < 1.29 is 0 Å². The van der Waals surface area contributed by atoms with Gasteiger partial charge in [0.25, 0.3) is 0 Å². The predicted octanol–water partition coefficient (Wildman–Crippen LogP) is 3.67. The Morgan fingerprint density at radius 1 is 1.45 bits per heavy atom. The minimum absolute atomic E-state index is 0.912. The first-order valence-corrected chi connectivity index (χ1v) is 4.24. The van der Waals surface area contributed by atoms with Gasteiger partial charge < -0.3 is 0 Å². The molecule has 0 atom stereocenters. The second-order valence-electron chi connectivity index (χ2n) is 2.42. The predicted molar refractivity (Wildman–Crippen MR) is 51.3 cm³/mol. The van der Waals surface area contributed by atoms with Gasteiger partial charge in [0.1, 0.15) is 0 Å². The van der Waals surface area contributed by atoms with Crippen molar-refractivity contribution in [2.75, 3.05) is 0 Å². The van der Waals surface area contributed by atoms with Crippen LogP contribution in [0.25, 0.3) is 0 Å². The van der Waals surface area contributed by atoms with E-state index in [-0.39, 0.29) is 0 Å². The van der Waals surface area contributed by atoms with E-state index in [0.29, 0.717) is 0 Å². The molecule has 0 rings (SSSR count). The van der Waals surface area contributed by atoms with E-state index < -0.39 is 0 Å². The zero-order chi connectivity index (χ0) is 8.36. The quantitative estimate of drug-likeness (QED) is 0.399. The molecule has 0 heteroatoms. The number of rotatable bonds is 6. The molecule has 0 aliphatic carbocycles. The van der Waals surface area contributed by atoms with Crippen molar-refractivity contribution in [1.82, 2.24) is 0 Å². The van der Waals surface area contributed by atoms with Gasteiger partial charge in [-0.25, -0.2) is 0 Å². The number of allylic oxidation sites excluding steroid dienone is 5. The Labute approximate surface area is 70.3 Å². The van der Waals surface area contributed by atoms with Gasteiger partial charge in [0.15, 0.2) is 0 Å². The summed E-state index contributed by atoms with van der Waals surface area (Å²) in [6.07, 6.45) is 15.7. The summed E-state index contributed by atoms with van der Waals surface area (Å²) in [7, 11) is 0. The summed E-state index contributed by atoms with van der Waals surface area (Å²) < 4.78 is 0.